The summed E-state index contributed by atoms with van der Waals surface area (Å²) in [4.78, 5) is 27.7. The Morgan fingerprint density at radius 3 is 2.26 bits per heavy atom. The zero-order chi connectivity index (χ0) is 19.8. The average molecular weight is 370 g/mol. The summed E-state index contributed by atoms with van der Waals surface area (Å²) in [6.45, 7) is 6.13. The van der Waals surface area contributed by atoms with Crippen molar-refractivity contribution in [3.05, 3.63) is 41.1 Å². The van der Waals surface area contributed by atoms with Crippen LogP contribution in [0.2, 0.25) is 0 Å². The smallest absolute Gasteiger partial charge is 0.409 e. The second-order valence-electron chi connectivity index (χ2n) is 6.26. The molecule has 1 fully saturated rings. The molecule has 1 aliphatic rings. The fourth-order valence-electron chi connectivity index (χ4n) is 3.07. The van der Waals surface area contributed by atoms with Crippen LogP contribution in [0.5, 0.6) is 0 Å². The van der Waals surface area contributed by atoms with Crippen LogP contribution in [0.4, 0.5) is 10.5 Å². The molecule has 0 aliphatic carbocycles. The van der Waals surface area contributed by atoms with Crippen LogP contribution in [-0.4, -0.2) is 55.1 Å². The Balaban J connectivity index is 2.10. The molecule has 0 radical (unpaired) electrons. The normalized spacial score (nSPS) is 14.5. The van der Waals surface area contributed by atoms with Gasteiger partial charge < -0.3 is 19.9 Å². The molecule has 1 saturated heterocycles. The average Bonchev–Trinajstić information content (AvgIpc) is 2.71. The minimum Gasteiger partial charge on any atom is -0.453 e. The summed E-state index contributed by atoms with van der Waals surface area (Å²) in [5.41, 5.74) is 2.94. The van der Waals surface area contributed by atoms with Gasteiger partial charge in [-0.3, -0.25) is 4.79 Å². The molecule has 1 heterocycles. The lowest BCUT2D eigenvalue weighted by atomic mass is 10.0. The zero-order valence-electron chi connectivity index (χ0n) is 16.1. The molecule has 1 aromatic rings. The highest BCUT2D eigenvalue weighted by atomic mass is 16.5. The number of aryl methyl sites for hydroxylation is 2. The quantitative estimate of drug-likeness (QED) is 0.636. The van der Waals surface area contributed by atoms with Crippen molar-refractivity contribution >= 4 is 17.7 Å². The number of amides is 2. The molecule has 2 amide bonds. The Morgan fingerprint density at radius 1 is 1.19 bits per heavy atom. The summed E-state index contributed by atoms with van der Waals surface area (Å²) in [6, 6.07) is 7.94. The van der Waals surface area contributed by atoms with Crippen LogP contribution in [0.1, 0.15) is 25.0 Å². The number of rotatable bonds is 5. The molecule has 1 aliphatic heterocycles. The highest BCUT2D eigenvalue weighted by Gasteiger charge is 2.21. The monoisotopic (exact) mass is 370 g/mol. The summed E-state index contributed by atoms with van der Waals surface area (Å²) in [7, 11) is 1.35. The van der Waals surface area contributed by atoms with E-state index in [0.29, 0.717) is 26.2 Å². The third-order valence-corrected chi connectivity index (χ3v) is 4.66. The van der Waals surface area contributed by atoms with E-state index in [2.05, 4.69) is 5.32 Å². The SMILES string of the molecule is CCc1cccc(CC)c1NC(=O)/C(C#N)=C\N1CCN(C(=O)OC)CC1. The highest BCUT2D eigenvalue weighted by Crippen LogP contribution is 2.23. The topological polar surface area (TPSA) is 85.7 Å². The Kier molecular flexibility index (Phi) is 7.24. The molecule has 0 atom stereocenters. The first kappa shape index (κ1) is 20.3. The standard InChI is InChI=1S/C20H26N4O3/c1-4-15-7-6-8-16(5-2)18(15)22-19(25)17(13-21)14-23-9-11-24(12-10-23)20(26)27-3/h6-8,14H,4-5,9-12H2,1-3H3,(H,22,25)/b17-14-. The fourth-order valence-corrected chi connectivity index (χ4v) is 3.07. The predicted octanol–water partition coefficient (Wildman–Crippen LogP) is 2.54. The zero-order valence-corrected chi connectivity index (χ0v) is 16.1. The summed E-state index contributed by atoms with van der Waals surface area (Å²) in [5, 5.41) is 12.4. The van der Waals surface area contributed by atoms with Gasteiger partial charge in [-0.25, -0.2) is 4.79 Å². The number of hydrogen-bond donors (Lipinski definition) is 1. The molecule has 2 rings (SSSR count). The number of piperazine rings is 1. The number of anilines is 1. The molecule has 27 heavy (non-hydrogen) atoms. The van der Waals surface area contributed by atoms with Crippen molar-refractivity contribution in [1.82, 2.24) is 9.80 Å². The lowest BCUT2D eigenvalue weighted by molar-refractivity contribution is -0.112. The van der Waals surface area contributed by atoms with Crippen molar-refractivity contribution in [3.63, 3.8) is 0 Å². The number of carbonyl (C=O) groups is 2. The minimum absolute atomic E-state index is 0.0504. The molecule has 0 bridgehead atoms. The van der Waals surface area contributed by atoms with Gasteiger partial charge in [0.2, 0.25) is 0 Å². The molecule has 0 spiro atoms. The molecule has 144 valence electrons. The summed E-state index contributed by atoms with van der Waals surface area (Å²) >= 11 is 0. The number of benzene rings is 1. The lowest BCUT2D eigenvalue weighted by Crippen LogP contribution is -2.47. The van der Waals surface area contributed by atoms with Gasteiger partial charge in [0.1, 0.15) is 11.6 Å². The molecule has 1 aromatic carbocycles. The number of nitrogens with one attached hydrogen (secondary N) is 1. The van der Waals surface area contributed by atoms with Gasteiger partial charge in [0.05, 0.1) is 7.11 Å². The van der Waals surface area contributed by atoms with Crippen LogP contribution in [-0.2, 0) is 22.4 Å². The van der Waals surface area contributed by atoms with Crippen LogP contribution in [0, 0.1) is 11.3 Å². The number of para-hydroxylation sites is 1. The first-order chi connectivity index (χ1) is 13.0. The van der Waals surface area contributed by atoms with E-state index in [-0.39, 0.29) is 11.7 Å². The van der Waals surface area contributed by atoms with Gasteiger partial charge in [-0.1, -0.05) is 32.0 Å². The summed E-state index contributed by atoms with van der Waals surface area (Å²) < 4.78 is 4.71. The van der Waals surface area contributed by atoms with Crippen LogP contribution in [0.3, 0.4) is 0 Å². The van der Waals surface area contributed by atoms with Crippen LogP contribution >= 0.6 is 0 Å². The third kappa shape index (κ3) is 5.00. The van der Waals surface area contributed by atoms with Crippen molar-refractivity contribution in [2.75, 3.05) is 38.6 Å². The van der Waals surface area contributed by atoms with Crippen molar-refractivity contribution < 1.29 is 14.3 Å². The first-order valence-corrected chi connectivity index (χ1v) is 9.14. The number of methoxy groups -OCH3 is 1. The maximum absolute atomic E-state index is 12.7. The molecule has 0 unspecified atom stereocenters. The van der Waals surface area contributed by atoms with E-state index in [1.54, 1.807) is 11.1 Å². The largest absolute Gasteiger partial charge is 0.453 e. The van der Waals surface area contributed by atoms with Crippen molar-refractivity contribution in [2.24, 2.45) is 0 Å². The Labute approximate surface area is 160 Å². The molecular weight excluding hydrogens is 344 g/mol. The summed E-state index contributed by atoms with van der Waals surface area (Å²) in [5.74, 6) is -0.413. The Morgan fingerprint density at radius 2 is 1.78 bits per heavy atom. The van der Waals surface area contributed by atoms with Gasteiger partial charge in [-0.2, -0.15) is 5.26 Å². The lowest BCUT2D eigenvalue weighted by Gasteiger charge is -2.33. The number of hydrogen-bond acceptors (Lipinski definition) is 5. The van der Waals surface area contributed by atoms with Crippen molar-refractivity contribution in [1.29, 1.82) is 5.26 Å². The Bertz CT molecular complexity index is 737. The van der Waals surface area contributed by atoms with E-state index in [4.69, 9.17) is 4.74 Å². The van der Waals surface area contributed by atoms with Crippen LogP contribution in [0.25, 0.3) is 0 Å². The van der Waals surface area contributed by atoms with E-state index >= 15 is 0 Å². The molecule has 0 aromatic heterocycles. The van der Waals surface area contributed by atoms with Gasteiger partial charge in [-0.05, 0) is 24.0 Å². The number of nitriles is 1. The van der Waals surface area contributed by atoms with Gasteiger partial charge in [0, 0.05) is 38.1 Å². The first-order valence-electron chi connectivity index (χ1n) is 9.14. The highest BCUT2D eigenvalue weighted by molar-refractivity contribution is 6.07. The molecule has 0 saturated carbocycles. The van der Waals surface area contributed by atoms with E-state index in [1.165, 1.54) is 7.11 Å². The maximum Gasteiger partial charge on any atom is 0.409 e. The molecular formula is C20H26N4O3. The number of carbonyl (C=O) groups excluding carboxylic acids is 2. The third-order valence-electron chi connectivity index (χ3n) is 4.66. The van der Waals surface area contributed by atoms with E-state index < -0.39 is 5.91 Å². The minimum atomic E-state index is -0.413. The summed E-state index contributed by atoms with van der Waals surface area (Å²) in [6.07, 6.45) is 2.80. The van der Waals surface area contributed by atoms with E-state index in [0.717, 1.165) is 29.7 Å². The van der Waals surface area contributed by atoms with Crippen LogP contribution in [0.15, 0.2) is 30.0 Å². The van der Waals surface area contributed by atoms with Gasteiger partial charge >= 0.3 is 6.09 Å². The van der Waals surface area contributed by atoms with Gasteiger partial charge in [0.15, 0.2) is 0 Å². The molecule has 7 nitrogen and oxygen atoms in total. The molecule has 7 heteroatoms. The molecule has 1 N–H and O–H groups in total. The number of nitrogens with zero attached hydrogens (tertiary/aromatic N) is 3. The second-order valence-corrected chi connectivity index (χ2v) is 6.26. The van der Waals surface area contributed by atoms with E-state index in [9.17, 15) is 14.9 Å². The Hall–Kier alpha value is -3.01. The second kappa shape index (κ2) is 9.62. The number of ether oxygens (including phenoxy) is 1. The predicted molar refractivity (Wildman–Crippen MR) is 103 cm³/mol. The van der Waals surface area contributed by atoms with E-state index in [1.807, 2.05) is 43.0 Å². The van der Waals surface area contributed by atoms with Gasteiger partial charge in [-0.15, -0.1) is 0 Å². The van der Waals surface area contributed by atoms with Crippen LogP contribution < -0.4 is 5.32 Å². The van der Waals surface area contributed by atoms with Crippen molar-refractivity contribution in [2.45, 2.75) is 26.7 Å². The van der Waals surface area contributed by atoms with Gasteiger partial charge in [0.25, 0.3) is 5.91 Å². The van der Waals surface area contributed by atoms with Crippen molar-refractivity contribution in [3.8, 4) is 6.07 Å². The maximum atomic E-state index is 12.7. The fraction of sp³-hybridized carbons (Fsp3) is 0.450.